The van der Waals surface area contributed by atoms with Gasteiger partial charge in [-0.3, -0.25) is 19.3 Å². The van der Waals surface area contributed by atoms with E-state index in [1.165, 1.54) is 23.1 Å². The number of rotatable bonds is 4. The molecule has 3 saturated heterocycles. The number of halogens is 1. The maximum Gasteiger partial charge on any atom is 0.256 e. The van der Waals surface area contributed by atoms with Crippen molar-refractivity contribution < 1.29 is 28.2 Å². The van der Waals surface area contributed by atoms with Gasteiger partial charge in [-0.1, -0.05) is 12.1 Å². The number of carbonyl (C=O) groups excluding carboxylic acids is 3. The minimum atomic E-state index is -1.05. The maximum absolute atomic E-state index is 14.1. The molecule has 3 amide bonds. The molecule has 3 fully saturated rings. The average Bonchev–Trinajstić information content (AvgIpc) is 3.31. The second-order valence-corrected chi connectivity index (χ2v) is 10.1. The van der Waals surface area contributed by atoms with Gasteiger partial charge in [-0.25, -0.2) is 4.39 Å². The molecule has 1 atom stereocenters. The Morgan fingerprint density at radius 2 is 1.55 bits per heavy atom. The summed E-state index contributed by atoms with van der Waals surface area (Å²) < 4.78 is 25.6. The number of methoxy groups -OCH3 is 1. The molecule has 0 bridgehead atoms. The molecule has 0 aliphatic carbocycles. The van der Waals surface area contributed by atoms with Crippen molar-refractivity contribution in [3.63, 3.8) is 0 Å². The fraction of sp³-hybridized carbons (Fsp3) is 0.464. The summed E-state index contributed by atoms with van der Waals surface area (Å²) in [6, 6.07) is 11.7. The van der Waals surface area contributed by atoms with Gasteiger partial charge in [0.2, 0.25) is 5.91 Å². The van der Waals surface area contributed by atoms with Crippen molar-refractivity contribution in [2.24, 2.45) is 0 Å². The van der Waals surface area contributed by atoms with Gasteiger partial charge >= 0.3 is 0 Å². The Labute approximate surface area is 221 Å². The van der Waals surface area contributed by atoms with Gasteiger partial charge in [-0.15, -0.1) is 0 Å². The van der Waals surface area contributed by atoms with Crippen LogP contribution in [0.3, 0.4) is 0 Å². The third-order valence-corrected chi connectivity index (χ3v) is 7.80. The molecule has 1 spiro atoms. The monoisotopic (exact) mass is 524 g/mol. The van der Waals surface area contributed by atoms with Crippen LogP contribution in [0.2, 0.25) is 0 Å². The summed E-state index contributed by atoms with van der Waals surface area (Å²) in [6.07, 6.45) is 0.687. The first-order chi connectivity index (χ1) is 18.3. The molecule has 3 aliphatic heterocycles. The summed E-state index contributed by atoms with van der Waals surface area (Å²) in [7, 11) is 3.56. The number of amides is 3. The molecule has 0 aromatic heterocycles. The minimum absolute atomic E-state index is 0.0655. The van der Waals surface area contributed by atoms with Gasteiger partial charge in [0.1, 0.15) is 23.3 Å². The van der Waals surface area contributed by atoms with E-state index < -0.39 is 23.5 Å². The van der Waals surface area contributed by atoms with Crippen molar-refractivity contribution in [3.8, 4) is 5.75 Å². The Kier molecular flexibility index (Phi) is 7.36. The Morgan fingerprint density at radius 1 is 0.895 bits per heavy atom. The predicted octanol–water partition coefficient (Wildman–Crippen LogP) is 2.08. The Bertz CT molecular complexity index is 1210. The highest BCUT2D eigenvalue weighted by Crippen LogP contribution is 2.39. The standard InChI is InChI=1S/C28H33FN4O5/c1-30-13-15-32(16-14-30)27(36)24-19-38-28(33(24)26(35)20-5-3-7-22(29)17-20)9-11-31(12-10-28)25(34)21-6-4-8-23(18-21)37-2/h3-8,17-18,24H,9-16,19H2,1-2H3. The third-order valence-electron chi connectivity index (χ3n) is 7.80. The van der Waals surface area contributed by atoms with Gasteiger partial charge in [0.05, 0.1) is 13.7 Å². The molecular weight excluding hydrogens is 491 g/mol. The molecule has 0 saturated carbocycles. The molecule has 0 radical (unpaired) electrons. The number of benzene rings is 2. The van der Waals surface area contributed by atoms with E-state index in [2.05, 4.69) is 4.90 Å². The predicted molar refractivity (Wildman–Crippen MR) is 137 cm³/mol. The zero-order valence-corrected chi connectivity index (χ0v) is 21.8. The average molecular weight is 525 g/mol. The SMILES string of the molecule is COc1cccc(C(=O)N2CCC3(CC2)OCC(C(=O)N2CCN(C)CC2)N3C(=O)c2cccc(F)c2)c1. The normalized spacial score (nSPS) is 21.6. The van der Waals surface area contributed by atoms with Crippen LogP contribution in [0.15, 0.2) is 48.5 Å². The lowest BCUT2D eigenvalue weighted by Gasteiger charge is -2.45. The van der Waals surface area contributed by atoms with Gasteiger partial charge in [0, 0.05) is 63.2 Å². The Hall–Kier alpha value is -3.50. The van der Waals surface area contributed by atoms with Crippen molar-refractivity contribution >= 4 is 17.7 Å². The number of piperazine rings is 1. The largest absolute Gasteiger partial charge is 0.497 e. The highest BCUT2D eigenvalue weighted by atomic mass is 19.1. The number of hydrogen-bond donors (Lipinski definition) is 0. The summed E-state index contributed by atoms with van der Waals surface area (Å²) in [4.78, 5) is 47.9. The number of piperidine rings is 1. The van der Waals surface area contributed by atoms with Crippen LogP contribution in [0.1, 0.15) is 33.6 Å². The molecule has 9 nitrogen and oxygen atoms in total. The molecular formula is C28H33FN4O5. The van der Waals surface area contributed by atoms with Crippen molar-refractivity contribution in [2.45, 2.75) is 24.6 Å². The summed E-state index contributed by atoms with van der Waals surface area (Å²) in [5.74, 6) is -0.660. The number of ether oxygens (including phenoxy) is 2. The van der Waals surface area contributed by atoms with Crippen LogP contribution in [-0.4, -0.2) is 109 Å². The van der Waals surface area contributed by atoms with Crippen molar-refractivity contribution in [1.82, 2.24) is 19.6 Å². The third kappa shape index (κ3) is 4.98. The number of likely N-dealkylation sites (tertiary alicyclic amines) is 1. The number of hydrogen-bond acceptors (Lipinski definition) is 6. The molecule has 10 heteroatoms. The molecule has 202 valence electrons. The van der Waals surface area contributed by atoms with Gasteiger partial charge in [0.25, 0.3) is 11.8 Å². The second kappa shape index (κ2) is 10.7. The number of likely N-dealkylation sites (N-methyl/N-ethyl adjacent to an activating group) is 1. The number of nitrogens with zero attached hydrogens (tertiary/aromatic N) is 4. The maximum atomic E-state index is 14.1. The van der Waals surface area contributed by atoms with E-state index in [1.807, 2.05) is 7.05 Å². The zero-order valence-electron chi connectivity index (χ0n) is 21.8. The Morgan fingerprint density at radius 3 is 2.21 bits per heavy atom. The van der Waals surface area contributed by atoms with E-state index in [0.29, 0.717) is 50.3 Å². The quantitative estimate of drug-likeness (QED) is 0.609. The summed E-state index contributed by atoms with van der Waals surface area (Å²) in [6.45, 7) is 3.41. The van der Waals surface area contributed by atoms with Gasteiger partial charge in [-0.2, -0.15) is 0 Å². The fourth-order valence-electron chi connectivity index (χ4n) is 5.55. The number of carbonyl (C=O) groups is 3. The topological polar surface area (TPSA) is 82.6 Å². The lowest BCUT2D eigenvalue weighted by molar-refractivity contribution is -0.139. The molecule has 5 rings (SSSR count). The Balaban J connectivity index is 1.38. The highest BCUT2D eigenvalue weighted by Gasteiger charge is 2.55. The lowest BCUT2D eigenvalue weighted by Crippen LogP contribution is -2.61. The van der Waals surface area contributed by atoms with E-state index in [9.17, 15) is 18.8 Å². The first-order valence-electron chi connectivity index (χ1n) is 13.0. The van der Waals surface area contributed by atoms with Crippen LogP contribution >= 0.6 is 0 Å². The molecule has 1 unspecified atom stereocenters. The molecule has 38 heavy (non-hydrogen) atoms. The van der Waals surface area contributed by atoms with E-state index in [0.717, 1.165) is 13.1 Å². The van der Waals surface area contributed by atoms with E-state index in [4.69, 9.17) is 9.47 Å². The van der Waals surface area contributed by atoms with Gasteiger partial charge in [-0.05, 0) is 43.4 Å². The fourth-order valence-corrected chi connectivity index (χ4v) is 5.55. The highest BCUT2D eigenvalue weighted by molar-refractivity contribution is 5.98. The molecule has 2 aromatic carbocycles. The molecule has 0 N–H and O–H groups in total. The van der Waals surface area contributed by atoms with E-state index in [-0.39, 0.29) is 24.0 Å². The molecule has 2 aromatic rings. The minimum Gasteiger partial charge on any atom is -0.497 e. The van der Waals surface area contributed by atoms with Gasteiger partial charge < -0.3 is 24.2 Å². The smallest absolute Gasteiger partial charge is 0.256 e. The van der Waals surface area contributed by atoms with Crippen LogP contribution in [-0.2, 0) is 9.53 Å². The van der Waals surface area contributed by atoms with Crippen molar-refractivity contribution in [1.29, 1.82) is 0 Å². The van der Waals surface area contributed by atoms with Gasteiger partial charge in [0.15, 0.2) is 0 Å². The van der Waals surface area contributed by atoms with Crippen LogP contribution in [0.25, 0.3) is 0 Å². The lowest BCUT2D eigenvalue weighted by atomic mass is 9.96. The first-order valence-corrected chi connectivity index (χ1v) is 13.0. The van der Waals surface area contributed by atoms with Crippen LogP contribution in [0, 0.1) is 5.82 Å². The molecule has 3 heterocycles. The van der Waals surface area contributed by atoms with Crippen LogP contribution in [0.4, 0.5) is 4.39 Å². The van der Waals surface area contributed by atoms with E-state index >= 15 is 0 Å². The second-order valence-electron chi connectivity index (χ2n) is 10.1. The zero-order chi connectivity index (χ0) is 26.9. The van der Waals surface area contributed by atoms with Crippen molar-refractivity contribution in [3.05, 3.63) is 65.5 Å². The summed E-state index contributed by atoms with van der Waals surface area (Å²) in [5, 5.41) is 0. The molecule has 3 aliphatic rings. The van der Waals surface area contributed by atoms with Crippen LogP contribution < -0.4 is 4.74 Å². The van der Waals surface area contributed by atoms with E-state index in [1.54, 1.807) is 47.2 Å². The van der Waals surface area contributed by atoms with Crippen molar-refractivity contribution in [2.75, 3.05) is 60.0 Å². The summed E-state index contributed by atoms with van der Waals surface area (Å²) in [5.41, 5.74) is -0.369. The summed E-state index contributed by atoms with van der Waals surface area (Å²) >= 11 is 0. The first kappa shape index (κ1) is 26.1. The van der Waals surface area contributed by atoms with Crippen LogP contribution in [0.5, 0.6) is 5.75 Å².